The van der Waals surface area contributed by atoms with Crippen molar-refractivity contribution in [1.82, 2.24) is 15.3 Å². The number of carbonyl (C=O) groups is 2. The van der Waals surface area contributed by atoms with Crippen LogP contribution in [-0.2, 0) is 17.7 Å². The van der Waals surface area contributed by atoms with Gasteiger partial charge in [-0.2, -0.15) is 0 Å². The number of carboxylic acids is 1. The molecule has 25 heavy (non-hydrogen) atoms. The summed E-state index contributed by atoms with van der Waals surface area (Å²) in [5.41, 5.74) is 1.89. The highest BCUT2D eigenvalue weighted by atomic mass is 16.6. The van der Waals surface area contributed by atoms with Gasteiger partial charge < -0.3 is 15.2 Å². The first-order valence-electron chi connectivity index (χ1n) is 7.81. The molecule has 0 saturated heterocycles. The number of carbonyl (C=O) groups excluding carboxylic acids is 1. The van der Waals surface area contributed by atoms with E-state index in [0.29, 0.717) is 12.1 Å². The summed E-state index contributed by atoms with van der Waals surface area (Å²) in [6.45, 7) is 5.60. The molecular weight excluding hydrogens is 322 g/mol. The molecule has 0 atom stereocenters. The zero-order valence-electron chi connectivity index (χ0n) is 14.4. The van der Waals surface area contributed by atoms with Crippen LogP contribution in [0, 0.1) is 0 Å². The second-order valence-electron chi connectivity index (χ2n) is 6.53. The standard InChI is InChI=1S/C18H21N3O4/c1-18(2,3)25-17(24)21-11-15-13(5-4-6-20-15)7-12-8-14(16(22)23)10-19-9-12/h4-6,8-10H,7,11H2,1-3H3,(H,21,24)(H,22,23). The van der Waals surface area contributed by atoms with Crippen LogP contribution in [0.3, 0.4) is 0 Å². The van der Waals surface area contributed by atoms with Crippen LogP contribution in [0.1, 0.15) is 48.0 Å². The van der Waals surface area contributed by atoms with E-state index in [9.17, 15) is 9.59 Å². The van der Waals surface area contributed by atoms with Gasteiger partial charge in [-0.3, -0.25) is 9.97 Å². The maximum absolute atomic E-state index is 11.8. The topological polar surface area (TPSA) is 101 Å². The number of rotatable bonds is 5. The molecule has 0 aliphatic rings. The van der Waals surface area contributed by atoms with Gasteiger partial charge in [-0.15, -0.1) is 0 Å². The third-order valence-electron chi connectivity index (χ3n) is 3.22. The van der Waals surface area contributed by atoms with E-state index < -0.39 is 17.7 Å². The molecule has 0 bridgehead atoms. The lowest BCUT2D eigenvalue weighted by atomic mass is 10.0. The number of pyridine rings is 2. The fraction of sp³-hybridized carbons (Fsp3) is 0.333. The Balaban J connectivity index is 2.09. The Morgan fingerprint density at radius 1 is 1.28 bits per heavy atom. The summed E-state index contributed by atoms with van der Waals surface area (Å²) in [5, 5.41) is 11.7. The summed E-state index contributed by atoms with van der Waals surface area (Å²) >= 11 is 0. The molecule has 7 heteroatoms. The molecule has 0 saturated carbocycles. The van der Waals surface area contributed by atoms with Gasteiger partial charge >= 0.3 is 12.1 Å². The van der Waals surface area contributed by atoms with E-state index in [1.165, 1.54) is 6.20 Å². The highest BCUT2D eigenvalue weighted by Gasteiger charge is 2.16. The summed E-state index contributed by atoms with van der Waals surface area (Å²) < 4.78 is 5.21. The molecule has 0 unspecified atom stereocenters. The molecule has 0 aromatic carbocycles. The maximum Gasteiger partial charge on any atom is 0.407 e. The number of nitrogens with one attached hydrogen (secondary N) is 1. The molecular formula is C18H21N3O4. The van der Waals surface area contributed by atoms with Gasteiger partial charge in [0.2, 0.25) is 0 Å². The summed E-state index contributed by atoms with van der Waals surface area (Å²) in [5.74, 6) is -1.02. The number of carboxylic acid groups (broad SMARTS) is 1. The van der Waals surface area contributed by atoms with Gasteiger partial charge in [0, 0.05) is 25.0 Å². The third-order valence-corrected chi connectivity index (χ3v) is 3.22. The first-order chi connectivity index (χ1) is 11.7. The SMILES string of the molecule is CC(C)(C)OC(=O)NCc1ncccc1Cc1cncc(C(=O)O)c1. The summed E-state index contributed by atoms with van der Waals surface area (Å²) in [4.78, 5) is 31.1. The number of hydrogen-bond donors (Lipinski definition) is 2. The van der Waals surface area contributed by atoms with E-state index in [1.807, 2.05) is 6.07 Å². The highest BCUT2D eigenvalue weighted by molar-refractivity contribution is 5.87. The maximum atomic E-state index is 11.8. The van der Waals surface area contributed by atoms with Gasteiger partial charge in [-0.1, -0.05) is 6.07 Å². The predicted octanol–water partition coefficient (Wildman–Crippen LogP) is 2.79. The summed E-state index contributed by atoms with van der Waals surface area (Å²) in [6.07, 6.45) is 4.51. The van der Waals surface area contributed by atoms with Crippen molar-refractivity contribution in [3.63, 3.8) is 0 Å². The minimum Gasteiger partial charge on any atom is -0.478 e. The van der Waals surface area contributed by atoms with E-state index in [1.54, 1.807) is 45.3 Å². The number of ether oxygens (including phenoxy) is 1. The van der Waals surface area contributed by atoms with E-state index in [-0.39, 0.29) is 12.1 Å². The van der Waals surface area contributed by atoms with Crippen molar-refractivity contribution in [2.75, 3.05) is 0 Å². The van der Waals surface area contributed by atoms with E-state index in [4.69, 9.17) is 9.84 Å². The largest absolute Gasteiger partial charge is 0.478 e. The molecule has 0 radical (unpaired) electrons. The Morgan fingerprint density at radius 2 is 2.04 bits per heavy atom. The lowest BCUT2D eigenvalue weighted by Crippen LogP contribution is -2.32. The molecule has 132 valence electrons. The fourth-order valence-electron chi connectivity index (χ4n) is 2.18. The summed E-state index contributed by atoms with van der Waals surface area (Å²) in [7, 11) is 0. The molecule has 2 aromatic rings. The van der Waals surface area contributed by atoms with Gasteiger partial charge in [-0.25, -0.2) is 9.59 Å². The zero-order chi connectivity index (χ0) is 18.4. The lowest BCUT2D eigenvalue weighted by molar-refractivity contribution is 0.0522. The Labute approximate surface area is 146 Å². The first-order valence-corrected chi connectivity index (χ1v) is 7.81. The molecule has 2 aromatic heterocycles. The minimum atomic E-state index is -1.02. The van der Waals surface area contributed by atoms with Crippen LogP contribution in [0.2, 0.25) is 0 Å². The van der Waals surface area contributed by atoms with Crippen molar-refractivity contribution in [2.24, 2.45) is 0 Å². The van der Waals surface area contributed by atoms with Crippen molar-refractivity contribution < 1.29 is 19.4 Å². The van der Waals surface area contributed by atoms with Crippen LogP contribution < -0.4 is 5.32 Å². The normalized spacial score (nSPS) is 11.0. The fourth-order valence-corrected chi connectivity index (χ4v) is 2.18. The average molecular weight is 343 g/mol. The predicted molar refractivity (Wildman–Crippen MR) is 91.3 cm³/mol. The molecule has 2 heterocycles. The van der Waals surface area contributed by atoms with Crippen molar-refractivity contribution in [2.45, 2.75) is 39.3 Å². The zero-order valence-corrected chi connectivity index (χ0v) is 14.4. The van der Waals surface area contributed by atoms with Gasteiger partial charge in [0.1, 0.15) is 5.60 Å². The Bertz CT molecular complexity index is 769. The van der Waals surface area contributed by atoms with Crippen LogP contribution in [-0.4, -0.2) is 32.7 Å². The van der Waals surface area contributed by atoms with Gasteiger partial charge in [0.15, 0.2) is 0 Å². The molecule has 2 N–H and O–H groups in total. The molecule has 1 amide bonds. The molecule has 0 aliphatic heterocycles. The number of nitrogens with zero attached hydrogens (tertiary/aromatic N) is 2. The van der Waals surface area contributed by atoms with Crippen molar-refractivity contribution in [1.29, 1.82) is 0 Å². The molecule has 7 nitrogen and oxygen atoms in total. The van der Waals surface area contributed by atoms with Crippen LogP contribution in [0.5, 0.6) is 0 Å². The second kappa shape index (κ2) is 7.74. The van der Waals surface area contributed by atoms with E-state index >= 15 is 0 Å². The highest BCUT2D eigenvalue weighted by Crippen LogP contribution is 2.14. The monoisotopic (exact) mass is 343 g/mol. The number of aromatic nitrogens is 2. The smallest absolute Gasteiger partial charge is 0.407 e. The Hall–Kier alpha value is -2.96. The van der Waals surface area contributed by atoms with Crippen LogP contribution in [0.25, 0.3) is 0 Å². The van der Waals surface area contributed by atoms with Crippen molar-refractivity contribution >= 4 is 12.1 Å². The van der Waals surface area contributed by atoms with Gasteiger partial charge in [0.25, 0.3) is 0 Å². The van der Waals surface area contributed by atoms with Crippen LogP contribution in [0.4, 0.5) is 4.79 Å². The molecule has 0 fully saturated rings. The number of aromatic carboxylic acids is 1. The van der Waals surface area contributed by atoms with E-state index in [0.717, 1.165) is 11.1 Å². The van der Waals surface area contributed by atoms with Crippen LogP contribution in [0.15, 0.2) is 36.8 Å². The van der Waals surface area contributed by atoms with E-state index in [2.05, 4.69) is 15.3 Å². The summed E-state index contributed by atoms with van der Waals surface area (Å²) in [6, 6.07) is 5.25. The van der Waals surface area contributed by atoms with Gasteiger partial charge in [0.05, 0.1) is 17.8 Å². The molecule has 0 spiro atoms. The number of alkyl carbamates (subject to hydrolysis) is 1. The number of hydrogen-bond acceptors (Lipinski definition) is 5. The quantitative estimate of drug-likeness (QED) is 0.865. The Morgan fingerprint density at radius 3 is 2.72 bits per heavy atom. The molecule has 0 aliphatic carbocycles. The third kappa shape index (κ3) is 5.87. The molecule has 2 rings (SSSR count). The first kappa shape index (κ1) is 18.4. The Kier molecular flexibility index (Phi) is 5.69. The lowest BCUT2D eigenvalue weighted by Gasteiger charge is -2.19. The van der Waals surface area contributed by atoms with Crippen molar-refractivity contribution in [3.8, 4) is 0 Å². The minimum absolute atomic E-state index is 0.134. The van der Waals surface area contributed by atoms with Crippen molar-refractivity contribution in [3.05, 3.63) is 59.2 Å². The number of amides is 1. The van der Waals surface area contributed by atoms with Gasteiger partial charge in [-0.05, 0) is 44.0 Å². The van der Waals surface area contributed by atoms with Crippen LogP contribution >= 0.6 is 0 Å². The second-order valence-corrected chi connectivity index (χ2v) is 6.53. The average Bonchev–Trinajstić information content (AvgIpc) is 2.52.